The SMILES string of the molecule is CC(C)(NCCC(N)C(C)(C)C)c1nccs1. The lowest BCUT2D eigenvalue weighted by atomic mass is 9.85. The maximum atomic E-state index is 6.15. The molecule has 1 aromatic rings. The minimum Gasteiger partial charge on any atom is -0.327 e. The van der Waals surface area contributed by atoms with Crippen LogP contribution in [0.4, 0.5) is 0 Å². The molecular formula is C13H25N3S. The topological polar surface area (TPSA) is 50.9 Å². The molecule has 17 heavy (non-hydrogen) atoms. The van der Waals surface area contributed by atoms with E-state index in [1.54, 1.807) is 11.3 Å². The van der Waals surface area contributed by atoms with Crippen molar-refractivity contribution in [1.29, 1.82) is 0 Å². The number of hydrogen-bond donors (Lipinski definition) is 2. The van der Waals surface area contributed by atoms with Gasteiger partial charge in [-0.1, -0.05) is 20.8 Å². The first kappa shape index (κ1) is 14.6. The van der Waals surface area contributed by atoms with Gasteiger partial charge < -0.3 is 11.1 Å². The highest BCUT2D eigenvalue weighted by molar-refractivity contribution is 7.09. The van der Waals surface area contributed by atoms with Crippen molar-refractivity contribution >= 4 is 11.3 Å². The van der Waals surface area contributed by atoms with Gasteiger partial charge in [0.05, 0.1) is 5.54 Å². The number of nitrogens with one attached hydrogen (secondary N) is 1. The molecule has 0 amide bonds. The summed E-state index contributed by atoms with van der Waals surface area (Å²) in [7, 11) is 0. The molecule has 1 heterocycles. The van der Waals surface area contributed by atoms with Gasteiger partial charge in [-0.2, -0.15) is 0 Å². The third-order valence-electron chi connectivity index (χ3n) is 3.10. The fraction of sp³-hybridized carbons (Fsp3) is 0.769. The van der Waals surface area contributed by atoms with Gasteiger partial charge in [-0.05, 0) is 32.2 Å². The van der Waals surface area contributed by atoms with Crippen LogP contribution in [0, 0.1) is 5.41 Å². The van der Waals surface area contributed by atoms with Gasteiger partial charge in [0, 0.05) is 17.6 Å². The molecule has 4 heteroatoms. The minimum absolute atomic E-state index is 0.0637. The lowest BCUT2D eigenvalue weighted by molar-refractivity contribution is 0.288. The summed E-state index contributed by atoms with van der Waals surface area (Å²) in [6.45, 7) is 11.8. The monoisotopic (exact) mass is 255 g/mol. The fourth-order valence-electron chi connectivity index (χ4n) is 1.58. The summed E-state index contributed by atoms with van der Waals surface area (Å²) in [6, 6.07) is 0.224. The molecule has 0 saturated heterocycles. The first-order valence-electron chi connectivity index (χ1n) is 6.14. The Morgan fingerprint density at radius 1 is 1.35 bits per heavy atom. The Hall–Kier alpha value is -0.450. The molecule has 0 saturated carbocycles. The predicted octanol–water partition coefficient (Wildman–Crippen LogP) is 2.73. The Morgan fingerprint density at radius 3 is 2.47 bits per heavy atom. The number of nitrogens with two attached hydrogens (primary N) is 1. The van der Waals surface area contributed by atoms with Crippen LogP contribution in [0.3, 0.4) is 0 Å². The number of hydrogen-bond acceptors (Lipinski definition) is 4. The van der Waals surface area contributed by atoms with Gasteiger partial charge in [0.2, 0.25) is 0 Å². The van der Waals surface area contributed by atoms with E-state index in [-0.39, 0.29) is 17.0 Å². The lowest BCUT2D eigenvalue weighted by Gasteiger charge is -2.29. The van der Waals surface area contributed by atoms with Gasteiger partial charge in [-0.15, -0.1) is 11.3 Å². The molecule has 0 bridgehead atoms. The van der Waals surface area contributed by atoms with E-state index in [9.17, 15) is 0 Å². The van der Waals surface area contributed by atoms with Crippen molar-refractivity contribution in [3.8, 4) is 0 Å². The summed E-state index contributed by atoms with van der Waals surface area (Å²) in [4.78, 5) is 4.36. The maximum Gasteiger partial charge on any atom is 0.112 e. The van der Waals surface area contributed by atoms with E-state index < -0.39 is 0 Å². The van der Waals surface area contributed by atoms with Gasteiger partial charge in [0.25, 0.3) is 0 Å². The van der Waals surface area contributed by atoms with Crippen LogP contribution in [-0.4, -0.2) is 17.6 Å². The summed E-state index contributed by atoms with van der Waals surface area (Å²) in [5, 5.41) is 6.67. The third kappa shape index (κ3) is 4.37. The van der Waals surface area contributed by atoms with Crippen LogP contribution < -0.4 is 11.1 Å². The smallest absolute Gasteiger partial charge is 0.112 e. The Balaban J connectivity index is 2.41. The first-order valence-corrected chi connectivity index (χ1v) is 7.02. The van der Waals surface area contributed by atoms with E-state index in [0.717, 1.165) is 18.0 Å². The van der Waals surface area contributed by atoms with Gasteiger partial charge in [0.1, 0.15) is 5.01 Å². The number of nitrogens with zero attached hydrogens (tertiary/aromatic N) is 1. The van der Waals surface area contributed by atoms with Crippen LogP contribution in [0.15, 0.2) is 11.6 Å². The Kier molecular flexibility index (Phi) is 4.69. The average Bonchev–Trinajstić information content (AvgIpc) is 2.68. The van der Waals surface area contributed by atoms with Crippen molar-refractivity contribution < 1.29 is 0 Å². The minimum atomic E-state index is -0.0637. The molecule has 98 valence electrons. The Labute approximate surface area is 109 Å². The summed E-state index contributed by atoms with van der Waals surface area (Å²) in [5.41, 5.74) is 6.26. The van der Waals surface area contributed by atoms with Gasteiger partial charge in [0.15, 0.2) is 0 Å². The van der Waals surface area contributed by atoms with Crippen molar-refractivity contribution in [2.45, 2.75) is 52.6 Å². The second kappa shape index (κ2) is 5.46. The molecule has 0 aliphatic rings. The largest absolute Gasteiger partial charge is 0.327 e. The molecule has 1 aromatic heterocycles. The van der Waals surface area contributed by atoms with Crippen molar-refractivity contribution in [1.82, 2.24) is 10.3 Å². The summed E-state index contributed by atoms with van der Waals surface area (Å²) < 4.78 is 0. The van der Waals surface area contributed by atoms with Crippen LogP contribution in [0.25, 0.3) is 0 Å². The molecule has 0 spiro atoms. The third-order valence-corrected chi connectivity index (χ3v) is 4.20. The zero-order valence-corrected chi connectivity index (χ0v) is 12.4. The van der Waals surface area contributed by atoms with Crippen molar-refractivity contribution in [2.24, 2.45) is 11.1 Å². The van der Waals surface area contributed by atoms with Crippen LogP contribution in [0.1, 0.15) is 46.0 Å². The number of rotatable bonds is 5. The quantitative estimate of drug-likeness (QED) is 0.850. The second-order valence-corrected chi connectivity index (χ2v) is 7.04. The fourth-order valence-corrected chi connectivity index (χ4v) is 2.32. The first-order chi connectivity index (χ1) is 7.73. The van der Waals surface area contributed by atoms with E-state index in [0.29, 0.717) is 0 Å². The second-order valence-electron chi connectivity index (χ2n) is 6.15. The van der Waals surface area contributed by atoms with Crippen molar-refractivity contribution in [3.63, 3.8) is 0 Å². The standard InChI is InChI=1S/C13H25N3S/c1-12(2,3)10(14)6-7-16-13(4,5)11-15-8-9-17-11/h8-10,16H,6-7,14H2,1-5H3. The Morgan fingerprint density at radius 2 is 2.00 bits per heavy atom. The normalized spacial score (nSPS) is 14.9. The highest BCUT2D eigenvalue weighted by atomic mass is 32.1. The molecule has 1 rings (SSSR count). The molecule has 3 N–H and O–H groups in total. The molecule has 1 unspecified atom stereocenters. The molecule has 1 atom stereocenters. The summed E-state index contributed by atoms with van der Waals surface area (Å²) in [5.74, 6) is 0. The van der Waals surface area contributed by atoms with E-state index in [4.69, 9.17) is 5.73 Å². The van der Waals surface area contributed by atoms with Crippen molar-refractivity contribution in [2.75, 3.05) is 6.54 Å². The molecule has 0 radical (unpaired) electrons. The van der Waals surface area contributed by atoms with Crippen LogP contribution in [0.2, 0.25) is 0 Å². The zero-order valence-electron chi connectivity index (χ0n) is 11.6. The number of aromatic nitrogens is 1. The van der Waals surface area contributed by atoms with E-state index in [1.807, 2.05) is 11.6 Å². The van der Waals surface area contributed by atoms with Crippen LogP contribution in [-0.2, 0) is 5.54 Å². The van der Waals surface area contributed by atoms with Gasteiger partial charge in [-0.3, -0.25) is 0 Å². The van der Waals surface area contributed by atoms with Crippen LogP contribution >= 0.6 is 11.3 Å². The highest BCUT2D eigenvalue weighted by Gasteiger charge is 2.24. The molecular weight excluding hydrogens is 230 g/mol. The van der Waals surface area contributed by atoms with Gasteiger partial charge >= 0.3 is 0 Å². The molecule has 0 aliphatic carbocycles. The maximum absolute atomic E-state index is 6.15. The Bertz CT molecular complexity index is 325. The molecule has 0 fully saturated rings. The zero-order chi connectivity index (χ0) is 13.1. The van der Waals surface area contributed by atoms with Gasteiger partial charge in [-0.25, -0.2) is 4.98 Å². The van der Waals surface area contributed by atoms with Crippen LogP contribution in [0.5, 0.6) is 0 Å². The molecule has 3 nitrogen and oxygen atoms in total. The van der Waals surface area contributed by atoms with Crippen molar-refractivity contribution in [3.05, 3.63) is 16.6 Å². The molecule has 0 aromatic carbocycles. The van der Waals surface area contributed by atoms with E-state index in [1.165, 1.54) is 0 Å². The van der Waals surface area contributed by atoms with E-state index >= 15 is 0 Å². The lowest BCUT2D eigenvalue weighted by Crippen LogP contribution is -2.42. The summed E-state index contributed by atoms with van der Waals surface area (Å²) in [6.07, 6.45) is 2.84. The van der Waals surface area contributed by atoms with E-state index in [2.05, 4.69) is 44.9 Å². The predicted molar refractivity (Wildman–Crippen MR) is 75.2 cm³/mol. The number of thiazole rings is 1. The highest BCUT2D eigenvalue weighted by Crippen LogP contribution is 2.23. The molecule has 0 aliphatic heterocycles. The summed E-state index contributed by atoms with van der Waals surface area (Å²) >= 11 is 1.69. The average molecular weight is 255 g/mol.